The van der Waals surface area contributed by atoms with Gasteiger partial charge in [0.1, 0.15) is 6.54 Å². The summed E-state index contributed by atoms with van der Waals surface area (Å²) in [6.07, 6.45) is -3.77. The molecule has 0 heterocycles. The largest absolute Gasteiger partial charge is 0.468 e. The molecule has 1 rings (SSSR count). The first kappa shape index (κ1) is 16.8. The average Bonchev–Trinajstić information content (AvgIpc) is 2.42. The van der Waals surface area contributed by atoms with Crippen LogP contribution in [0.5, 0.6) is 0 Å². The van der Waals surface area contributed by atoms with E-state index >= 15 is 0 Å². The number of esters is 1. The molecular formula is C13H20F3NO3. The van der Waals surface area contributed by atoms with Gasteiger partial charge in [-0.1, -0.05) is 0 Å². The summed E-state index contributed by atoms with van der Waals surface area (Å²) in [5, 5.41) is 0. The van der Waals surface area contributed by atoms with Gasteiger partial charge in [0.15, 0.2) is 0 Å². The Kier molecular flexibility index (Phi) is 5.83. The molecule has 4 nitrogen and oxygen atoms in total. The van der Waals surface area contributed by atoms with Crippen molar-refractivity contribution in [2.45, 2.75) is 38.8 Å². The predicted octanol–water partition coefficient (Wildman–Crippen LogP) is 2.38. The molecule has 0 atom stereocenters. The maximum absolute atomic E-state index is 12.6. The molecule has 1 aliphatic rings. The molecule has 1 amide bonds. The zero-order chi connectivity index (χ0) is 15.3. The molecule has 0 saturated heterocycles. The van der Waals surface area contributed by atoms with Crippen molar-refractivity contribution in [1.82, 2.24) is 4.90 Å². The Morgan fingerprint density at radius 1 is 1.20 bits per heavy atom. The minimum atomic E-state index is -4.18. The monoisotopic (exact) mass is 295 g/mol. The predicted molar refractivity (Wildman–Crippen MR) is 65.8 cm³/mol. The number of ether oxygens (including phenoxy) is 1. The summed E-state index contributed by atoms with van der Waals surface area (Å²) in [7, 11) is 1.23. The molecule has 1 aliphatic carbocycles. The van der Waals surface area contributed by atoms with E-state index in [-0.39, 0.29) is 38.1 Å². The molecule has 0 aliphatic heterocycles. The van der Waals surface area contributed by atoms with Crippen molar-refractivity contribution >= 4 is 11.9 Å². The Hall–Kier alpha value is -1.27. The summed E-state index contributed by atoms with van der Waals surface area (Å²) in [5.74, 6) is -2.50. The lowest BCUT2D eigenvalue weighted by molar-refractivity contribution is -0.185. The Morgan fingerprint density at radius 3 is 2.15 bits per heavy atom. The summed E-state index contributed by atoms with van der Waals surface area (Å²) in [5.41, 5.74) is 0. The standard InChI is InChI=1S/C13H20F3NO3/c1-3-17(8-11(18)20-2)12(19)9-4-6-10(7-5-9)13(14,15)16/h9-10H,3-8H2,1-2H3. The Bertz CT molecular complexity index is 349. The Balaban J connectivity index is 2.54. The van der Waals surface area contributed by atoms with Crippen LogP contribution in [0.3, 0.4) is 0 Å². The van der Waals surface area contributed by atoms with Crippen LogP contribution in [0.2, 0.25) is 0 Å². The fourth-order valence-corrected chi connectivity index (χ4v) is 2.49. The smallest absolute Gasteiger partial charge is 0.391 e. The van der Waals surface area contributed by atoms with Gasteiger partial charge in [-0.25, -0.2) is 0 Å². The van der Waals surface area contributed by atoms with E-state index in [4.69, 9.17) is 0 Å². The number of carbonyl (C=O) groups excluding carboxylic acids is 2. The number of carbonyl (C=O) groups is 2. The first-order chi connectivity index (χ1) is 9.29. The van der Waals surface area contributed by atoms with E-state index in [9.17, 15) is 22.8 Å². The molecule has 20 heavy (non-hydrogen) atoms. The number of methoxy groups -OCH3 is 1. The van der Waals surface area contributed by atoms with Crippen LogP contribution in [0.4, 0.5) is 13.2 Å². The second kappa shape index (κ2) is 6.95. The van der Waals surface area contributed by atoms with Crippen LogP contribution in [-0.4, -0.2) is 43.2 Å². The molecule has 0 spiro atoms. The summed E-state index contributed by atoms with van der Waals surface area (Å²) in [6, 6.07) is 0. The molecule has 0 unspecified atom stereocenters. The van der Waals surface area contributed by atoms with Gasteiger partial charge in [-0.05, 0) is 32.6 Å². The van der Waals surface area contributed by atoms with Gasteiger partial charge < -0.3 is 9.64 Å². The van der Waals surface area contributed by atoms with Crippen molar-refractivity contribution in [2.75, 3.05) is 20.2 Å². The van der Waals surface area contributed by atoms with Crippen molar-refractivity contribution in [2.24, 2.45) is 11.8 Å². The number of hydrogen-bond donors (Lipinski definition) is 0. The van der Waals surface area contributed by atoms with Gasteiger partial charge in [-0.3, -0.25) is 9.59 Å². The number of halogens is 3. The van der Waals surface area contributed by atoms with Crippen molar-refractivity contribution in [1.29, 1.82) is 0 Å². The minimum Gasteiger partial charge on any atom is -0.468 e. The average molecular weight is 295 g/mol. The van der Waals surface area contributed by atoms with Gasteiger partial charge >= 0.3 is 12.1 Å². The minimum absolute atomic E-state index is 0.0182. The van der Waals surface area contributed by atoms with E-state index in [1.807, 2.05) is 0 Å². The number of likely N-dealkylation sites (N-methyl/N-ethyl adjacent to an activating group) is 1. The van der Waals surface area contributed by atoms with Gasteiger partial charge in [0, 0.05) is 12.5 Å². The van der Waals surface area contributed by atoms with Crippen molar-refractivity contribution in [3.63, 3.8) is 0 Å². The van der Waals surface area contributed by atoms with Gasteiger partial charge in [0.2, 0.25) is 5.91 Å². The molecule has 0 aromatic rings. The van der Waals surface area contributed by atoms with Gasteiger partial charge in [0.25, 0.3) is 0 Å². The van der Waals surface area contributed by atoms with Crippen molar-refractivity contribution in [3.8, 4) is 0 Å². The number of nitrogens with zero attached hydrogens (tertiary/aromatic N) is 1. The molecule has 0 N–H and O–H groups in total. The van der Waals surface area contributed by atoms with Gasteiger partial charge in [-0.2, -0.15) is 13.2 Å². The van der Waals surface area contributed by atoms with E-state index in [2.05, 4.69) is 4.74 Å². The van der Waals surface area contributed by atoms with Crippen LogP contribution in [0.1, 0.15) is 32.6 Å². The van der Waals surface area contributed by atoms with Crippen LogP contribution >= 0.6 is 0 Å². The molecule has 1 saturated carbocycles. The molecule has 7 heteroatoms. The maximum atomic E-state index is 12.6. The fraction of sp³-hybridized carbons (Fsp3) is 0.846. The Morgan fingerprint density at radius 2 is 1.75 bits per heavy atom. The van der Waals surface area contributed by atoms with Crippen LogP contribution in [0.25, 0.3) is 0 Å². The molecular weight excluding hydrogens is 275 g/mol. The van der Waals surface area contributed by atoms with Crippen molar-refractivity contribution < 1.29 is 27.5 Å². The highest BCUT2D eigenvalue weighted by atomic mass is 19.4. The highest BCUT2D eigenvalue weighted by molar-refractivity contribution is 5.83. The first-order valence-corrected chi connectivity index (χ1v) is 6.71. The number of amides is 1. The fourth-order valence-electron chi connectivity index (χ4n) is 2.49. The lowest BCUT2D eigenvalue weighted by Gasteiger charge is -2.32. The van der Waals surface area contributed by atoms with Gasteiger partial charge in [-0.15, -0.1) is 0 Å². The third-order valence-electron chi connectivity index (χ3n) is 3.78. The summed E-state index contributed by atoms with van der Waals surface area (Å²) in [6.45, 7) is 1.92. The van der Waals surface area contributed by atoms with E-state index in [0.29, 0.717) is 6.54 Å². The van der Waals surface area contributed by atoms with Gasteiger partial charge in [0.05, 0.1) is 13.0 Å². The quantitative estimate of drug-likeness (QED) is 0.748. The summed E-state index contributed by atoms with van der Waals surface area (Å²) >= 11 is 0. The molecule has 0 aromatic heterocycles. The van der Waals surface area contributed by atoms with Crippen LogP contribution in [0.15, 0.2) is 0 Å². The SMILES string of the molecule is CCN(CC(=O)OC)C(=O)C1CCC(C(F)(F)F)CC1. The second-order valence-corrected chi connectivity index (χ2v) is 5.02. The summed E-state index contributed by atoms with van der Waals surface area (Å²) in [4.78, 5) is 24.7. The zero-order valence-electron chi connectivity index (χ0n) is 11.7. The third kappa shape index (κ3) is 4.38. The highest BCUT2D eigenvalue weighted by Gasteiger charge is 2.43. The lowest BCUT2D eigenvalue weighted by Crippen LogP contribution is -2.41. The number of alkyl halides is 3. The topological polar surface area (TPSA) is 46.6 Å². The maximum Gasteiger partial charge on any atom is 0.391 e. The summed E-state index contributed by atoms with van der Waals surface area (Å²) < 4.78 is 42.2. The van der Waals surface area contributed by atoms with Crippen LogP contribution < -0.4 is 0 Å². The zero-order valence-corrected chi connectivity index (χ0v) is 11.7. The number of hydrogen-bond acceptors (Lipinski definition) is 3. The second-order valence-electron chi connectivity index (χ2n) is 5.02. The van der Waals surface area contributed by atoms with Crippen molar-refractivity contribution in [3.05, 3.63) is 0 Å². The van der Waals surface area contributed by atoms with E-state index in [1.165, 1.54) is 12.0 Å². The normalized spacial score (nSPS) is 23.2. The van der Waals surface area contributed by atoms with Crippen LogP contribution in [0, 0.1) is 11.8 Å². The van der Waals surface area contributed by atoms with E-state index < -0.39 is 24.0 Å². The Labute approximate surface area is 116 Å². The van der Waals surface area contributed by atoms with E-state index in [0.717, 1.165) is 0 Å². The highest BCUT2D eigenvalue weighted by Crippen LogP contribution is 2.39. The molecule has 0 radical (unpaired) electrons. The lowest BCUT2D eigenvalue weighted by atomic mass is 9.81. The molecule has 1 fully saturated rings. The van der Waals surface area contributed by atoms with Crippen LogP contribution in [-0.2, 0) is 14.3 Å². The number of rotatable bonds is 4. The molecule has 0 aromatic carbocycles. The van der Waals surface area contributed by atoms with E-state index in [1.54, 1.807) is 6.92 Å². The molecule has 0 bridgehead atoms. The third-order valence-corrected chi connectivity index (χ3v) is 3.78. The first-order valence-electron chi connectivity index (χ1n) is 6.71. The molecule has 116 valence electrons.